The first kappa shape index (κ1) is 13.7. The summed E-state index contributed by atoms with van der Waals surface area (Å²) < 4.78 is 21.9. The first-order valence-electron chi connectivity index (χ1n) is 5.54. The van der Waals surface area contributed by atoms with Gasteiger partial charge in [-0.15, -0.1) is 22.7 Å². The van der Waals surface area contributed by atoms with Crippen LogP contribution < -0.4 is 5.32 Å². The van der Waals surface area contributed by atoms with Gasteiger partial charge in [0.1, 0.15) is 9.84 Å². The summed E-state index contributed by atoms with van der Waals surface area (Å²) in [4.78, 5) is 2.50. The van der Waals surface area contributed by atoms with Gasteiger partial charge in [0.25, 0.3) is 0 Å². The van der Waals surface area contributed by atoms with Gasteiger partial charge in [0.2, 0.25) is 0 Å². The monoisotopic (exact) mass is 301 g/mol. The Labute approximate surface area is 115 Å². The Morgan fingerprint density at radius 1 is 1.33 bits per heavy atom. The van der Waals surface area contributed by atoms with Crippen molar-refractivity contribution in [1.82, 2.24) is 5.32 Å². The highest BCUT2D eigenvalue weighted by Crippen LogP contribution is 2.29. The van der Waals surface area contributed by atoms with Crippen molar-refractivity contribution in [1.29, 1.82) is 0 Å². The third-order valence-corrected chi connectivity index (χ3v) is 5.21. The number of thiophene rings is 2. The summed E-state index contributed by atoms with van der Waals surface area (Å²) in [7, 11) is -2.87. The van der Waals surface area contributed by atoms with E-state index in [-0.39, 0.29) is 5.75 Å². The first-order chi connectivity index (χ1) is 8.54. The van der Waals surface area contributed by atoms with Crippen LogP contribution in [-0.4, -0.2) is 27.0 Å². The highest BCUT2D eigenvalue weighted by molar-refractivity contribution is 7.90. The standard InChI is InChI=1S/C12H15NO2S3/c1-18(14,15)6-4-13-8-11-7-10(9-17-11)12-3-2-5-16-12/h2-3,5,7,9,13H,4,6,8H2,1H3. The van der Waals surface area contributed by atoms with E-state index in [0.717, 1.165) is 6.54 Å². The molecule has 2 aromatic heterocycles. The number of rotatable bonds is 6. The minimum atomic E-state index is -2.87. The van der Waals surface area contributed by atoms with Crippen LogP contribution in [-0.2, 0) is 16.4 Å². The fourth-order valence-corrected chi connectivity index (χ4v) is 3.67. The lowest BCUT2D eigenvalue weighted by molar-refractivity contribution is 0.596. The molecule has 18 heavy (non-hydrogen) atoms. The molecule has 0 radical (unpaired) electrons. The minimum absolute atomic E-state index is 0.191. The van der Waals surface area contributed by atoms with Crippen molar-refractivity contribution in [2.45, 2.75) is 6.54 Å². The summed E-state index contributed by atoms with van der Waals surface area (Å²) in [6.07, 6.45) is 1.26. The first-order valence-corrected chi connectivity index (χ1v) is 9.36. The van der Waals surface area contributed by atoms with Crippen LogP contribution in [0.15, 0.2) is 29.0 Å². The maximum absolute atomic E-state index is 11.0. The summed E-state index contributed by atoms with van der Waals surface area (Å²) >= 11 is 3.43. The molecular formula is C12H15NO2S3. The molecule has 98 valence electrons. The molecule has 0 amide bonds. The largest absolute Gasteiger partial charge is 0.311 e. The Morgan fingerprint density at radius 3 is 2.83 bits per heavy atom. The van der Waals surface area contributed by atoms with Gasteiger partial charge in [0.05, 0.1) is 5.75 Å². The lowest BCUT2D eigenvalue weighted by Gasteiger charge is -2.01. The van der Waals surface area contributed by atoms with Crippen LogP contribution >= 0.6 is 22.7 Å². The van der Waals surface area contributed by atoms with Gasteiger partial charge in [-0.2, -0.15) is 0 Å². The van der Waals surface area contributed by atoms with Crippen LogP contribution in [0.3, 0.4) is 0 Å². The molecule has 0 bridgehead atoms. The lowest BCUT2D eigenvalue weighted by atomic mass is 10.2. The average molecular weight is 301 g/mol. The molecule has 1 N–H and O–H groups in total. The molecule has 0 aromatic carbocycles. The number of hydrogen-bond donors (Lipinski definition) is 1. The van der Waals surface area contributed by atoms with E-state index in [4.69, 9.17) is 0 Å². The molecule has 2 heterocycles. The Morgan fingerprint density at radius 2 is 2.17 bits per heavy atom. The Kier molecular flexibility index (Phi) is 4.55. The molecule has 0 aliphatic carbocycles. The molecule has 0 spiro atoms. The molecule has 2 aromatic rings. The molecule has 0 unspecified atom stereocenters. The predicted octanol–water partition coefficient (Wildman–Crippen LogP) is 2.61. The normalized spacial score (nSPS) is 11.8. The van der Waals surface area contributed by atoms with Gasteiger partial charge in [0, 0.05) is 34.7 Å². The van der Waals surface area contributed by atoms with Crippen LogP contribution in [0.5, 0.6) is 0 Å². The summed E-state index contributed by atoms with van der Waals surface area (Å²) in [5, 5.41) is 7.36. The Bertz CT molecular complexity index is 585. The average Bonchev–Trinajstić information content (AvgIpc) is 2.93. The molecule has 6 heteroatoms. The second-order valence-electron chi connectivity index (χ2n) is 4.09. The van der Waals surface area contributed by atoms with E-state index < -0.39 is 9.84 Å². The molecule has 3 nitrogen and oxygen atoms in total. The van der Waals surface area contributed by atoms with Crippen LogP contribution in [0.4, 0.5) is 0 Å². The van der Waals surface area contributed by atoms with Crippen LogP contribution in [0, 0.1) is 0 Å². The molecule has 0 aliphatic heterocycles. The van der Waals surface area contributed by atoms with Crippen molar-refractivity contribution >= 4 is 32.5 Å². The topological polar surface area (TPSA) is 46.2 Å². The van der Waals surface area contributed by atoms with Crippen LogP contribution in [0.25, 0.3) is 10.4 Å². The van der Waals surface area contributed by atoms with Crippen molar-refractivity contribution in [3.05, 3.63) is 33.8 Å². The van der Waals surface area contributed by atoms with E-state index in [1.165, 1.54) is 21.6 Å². The Hall–Kier alpha value is -0.690. The number of hydrogen-bond acceptors (Lipinski definition) is 5. The molecule has 0 fully saturated rings. The van der Waals surface area contributed by atoms with Gasteiger partial charge in [-0.25, -0.2) is 8.42 Å². The van der Waals surface area contributed by atoms with Gasteiger partial charge in [-0.3, -0.25) is 0 Å². The third kappa shape index (κ3) is 4.20. The zero-order valence-electron chi connectivity index (χ0n) is 10.0. The zero-order chi connectivity index (χ0) is 13.0. The second kappa shape index (κ2) is 5.97. The Balaban J connectivity index is 1.84. The van der Waals surface area contributed by atoms with Gasteiger partial charge in [-0.1, -0.05) is 6.07 Å². The van der Waals surface area contributed by atoms with Crippen molar-refractivity contribution in [2.75, 3.05) is 18.6 Å². The SMILES string of the molecule is CS(=O)(=O)CCNCc1cc(-c2cccs2)cs1. The number of sulfone groups is 1. The molecule has 2 rings (SSSR count). The predicted molar refractivity (Wildman–Crippen MR) is 79.0 cm³/mol. The zero-order valence-corrected chi connectivity index (χ0v) is 12.5. The maximum Gasteiger partial charge on any atom is 0.148 e. The van der Waals surface area contributed by atoms with E-state index in [2.05, 4.69) is 28.2 Å². The number of nitrogens with one attached hydrogen (secondary N) is 1. The molecular weight excluding hydrogens is 286 g/mol. The molecule has 0 saturated carbocycles. The van der Waals surface area contributed by atoms with Gasteiger partial charge < -0.3 is 5.32 Å². The summed E-state index contributed by atoms with van der Waals surface area (Å²) in [6.45, 7) is 1.23. The molecule has 0 aliphatic rings. The van der Waals surface area contributed by atoms with Crippen molar-refractivity contribution in [3.8, 4) is 10.4 Å². The van der Waals surface area contributed by atoms with Crippen molar-refractivity contribution in [3.63, 3.8) is 0 Å². The minimum Gasteiger partial charge on any atom is -0.311 e. The summed E-state index contributed by atoms with van der Waals surface area (Å²) in [5.41, 5.74) is 1.25. The molecule has 0 atom stereocenters. The summed E-state index contributed by atoms with van der Waals surface area (Å²) in [6, 6.07) is 6.30. The van der Waals surface area contributed by atoms with Crippen molar-refractivity contribution in [2.24, 2.45) is 0 Å². The highest BCUT2D eigenvalue weighted by atomic mass is 32.2. The van der Waals surface area contributed by atoms with E-state index in [0.29, 0.717) is 6.54 Å². The fraction of sp³-hybridized carbons (Fsp3) is 0.333. The van der Waals surface area contributed by atoms with Gasteiger partial charge in [0.15, 0.2) is 0 Å². The summed E-state index contributed by atoms with van der Waals surface area (Å²) in [5.74, 6) is 0.191. The van der Waals surface area contributed by atoms with Crippen LogP contribution in [0.1, 0.15) is 4.88 Å². The smallest absolute Gasteiger partial charge is 0.148 e. The fourth-order valence-electron chi connectivity index (χ4n) is 1.51. The van der Waals surface area contributed by atoms with E-state index in [1.54, 1.807) is 22.7 Å². The highest BCUT2D eigenvalue weighted by Gasteiger charge is 2.04. The van der Waals surface area contributed by atoms with E-state index in [9.17, 15) is 8.42 Å². The lowest BCUT2D eigenvalue weighted by Crippen LogP contribution is -2.21. The quantitative estimate of drug-likeness (QED) is 0.834. The van der Waals surface area contributed by atoms with E-state index in [1.807, 2.05) is 6.07 Å². The van der Waals surface area contributed by atoms with E-state index >= 15 is 0 Å². The van der Waals surface area contributed by atoms with Gasteiger partial charge >= 0.3 is 0 Å². The third-order valence-electron chi connectivity index (χ3n) is 2.41. The molecule has 0 saturated heterocycles. The maximum atomic E-state index is 11.0. The van der Waals surface area contributed by atoms with Crippen molar-refractivity contribution < 1.29 is 8.42 Å². The second-order valence-corrected chi connectivity index (χ2v) is 8.29. The van der Waals surface area contributed by atoms with Gasteiger partial charge in [-0.05, 0) is 22.9 Å². The van der Waals surface area contributed by atoms with Crippen LogP contribution in [0.2, 0.25) is 0 Å².